The summed E-state index contributed by atoms with van der Waals surface area (Å²) in [5.41, 5.74) is -1.41. The molecule has 0 saturated carbocycles. The van der Waals surface area contributed by atoms with Crippen LogP contribution in [0, 0.1) is 0 Å². The summed E-state index contributed by atoms with van der Waals surface area (Å²) >= 11 is 5.65. The number of carbonyl (C=O) groups is 1. The molecule has 27 heavy (non-hydrogen) atoms. The fourth-order valence-electron chi connectivity index (χ4n) is 2.68. The number of nitrogens with one attached hydrogen (secondary N) is 1. The van der Waals surface area contributed by atoms with Crippen LogP contribution >= 0.6 is 11.6 Å². The number of halogens is 4. The van der Waals surface area contributed by atoms with Gasteiger partial charge in [-0.3, -0.25) is 4.79 Å². The fourth-order valence-corrected chi connectivity index (χ4v) is 2.85. The SMILES string of the molecule is CN1CCN(c2nccc(C(=O)Nc3ccc(Cl)cc3C(F)(F)F)n2)CC1. The van der Waals surface area contributed by atoms with E-state index in [-0.39, 0.29) is 16.4 Å². The number of alkyl halides is 3. The van der Waals surface area contributed by atoms with Crippen molar-refractivity contribution >= 4 is 29.1 Å². The van der Waals surface area contributed by atoms with Crippen molar-refractivity contribution in [3.05, 3.63) is 46.7 Å². The molecule has 1 aromatic carbocycles. The number of benzene rings is 1. The minimum atomic E-state index is -4.65. The van der Waals surface area contributed by atoms with Crippen LogP contribution in [0.2, 0.25) is 5.02 Å². The lowest BCUT2D eigenvalue weighted by Gasteiger charge is -2.32. The van der Waals surface area contributed by atoms with Crippen molar-refractivity contribution in [1.29, 1.82) is 0 Å². The zero-order valence-corrected chi connectivity index (χ0v) is 15.2. The molecule has 1 aliphatic rings. The van der Waals surface area contributed by atoms with Gasteiger partial charge in [-0.1, -0.05) is 11.6 Å². The summed E-state index contributed by atoms with van der Waals surface area (Å²) < 4.78 is 39.5. The fraction of sp³-hybridized carbons (Fsp3) is 0.353. The molecule has 144 valence electrons. The number of amides is 1. The Hall–Kier alpha value is -2.39. The van der Waals surface area contributed by atoms with Crippen LogP contribution < -0.4 is 10.2 Å². The van der Waals surface area contributed by atoms with Gasteiger partial charge in [0.05, 0.1) is 11.3 Å². The molecule has 0 aliphatic carbocycles. The molecule has 10 heteroatoms. The zero-order valence-electron chi connectivity index (χ0n) is 14.4. The maximum Gasteiger partial charge on any atom is 0.418 e. The molecule has 1 N–H and O–H groups in total. The molecule has 2 heterocycles. The van der Waals surface area contributed by atoms with E-state index in [1.165, 1.54) is 18.3 Å². The van der Waals surface area contributed by atoms with Gasteiger partial charge in [-0.15, -0.1) is 0 Å². The summed E-state index contributed by atoms with van der Waals surface area (Å²) in [5, 5.41) is 2.19. The summed E-state index contributed by atoms with van der Waals surface area (Å²) in [7, 11) is 2.01. The highest BCUT2D eigenvalue weighted by Crippen LogP contribution is 2.36. The van der Waals surface area contributed by atoms with Gasteiger partial charge in [0.1, 0.15) is 5.69 Å². The van der Waals surface area contributed by atoms with Gasteiger partial charge < -0.3 is 15.1 Å². The molecule has 0 radical (unpaired) electrons. The number of hydrogen-bond donors (Lipinski definition) is 1. The molecule has 1 amide bonds. The second-order valence-corrected chi connectivity index (χ2v) is 6.61. The van der Waals surface area contributed by atoms with Gasteiger partial charge in [0, 0.05) is 37.4 Å². The Morgan fingerprint density at radius 2 is 1.89 bits per heavy atom. The molecule has 2 aromatic rings. The van der Waals surface area contributed by atoms with Crippen LogP contribution in [0.25, 0.3) is 0 Å². The van der Waals surface area contributed by atoms with E-state index in [0.717, 1.165) is 25.2 Å². The molecule has 0 spiro atoms. The number of piperazine rings is 1. The van der Waals surface area contributed by atoms with Gasteiger partial charge in [0.15, 0.2) is 0 Å². The third kappa shape index (κ3) is 4.67. The number of nitrogens with zero attached hydrogens (tertiary/aromatic N) is 4. The van der Waals surface area contributed by atoms with Crippen LogP contribution in [-0.4, -0.2) is 54.0 Å². The first-order chi connectivity index (χ1) is 12.7. The lowest BCUT2D eigenvalue weighted by Crippen LogP contribution is -2.45. The highest BCUT2D eigenvalue weighted by molar-refractivity contribution is 6.30. The van der Waals surface area contributed by atoms with Gasteiger partial charge in [0.25, 0.3) is 5.91 Å². The third-order valence-corrected chi connectivity index (χ3v) is 4.43. The van der Waals surface area contributed by atoms with Crippen molar-refractivity contribution in [2.24, 2.45) is 0 Å². The highest BCUT2D eigenvalue weighted by atomic mass is 35.5. The van der Waals surface area contributed by atoms with Crippen LogP contribution in [0.1, 0.15) is 16.1 Å². The number of rotatable bonds is 3. The predicted molar refractivity (Wildman–Crippen MR) is 96.1 cm³/mol. The highest BCUT2D eigenvalue weighted by Gasteiger charge is 2.34. The van der Waals surface area contributed by atoms with Crippen LogP contribution in [0.3, 0.4) is 0 Å². The summed E-state index contributed by atoms with van der Waals surface area (Å²) in [5.74, 6) is -0.372. The number of hydrogen-bond acceptors (Lipinski definition) is 5. The van der Waals surface area contributed by atoms with Crippen molar-refractivity contribution in [1.82, 2.24) is 14.9 Å². The summed E-state index contributed by atoms with van der Waals surface area (Å²) in [6, 6.07) is 4.53. The smallest absolute Gasteiger partial charge is 0.338 e. The van der Waals surface area contributed by atoms with E-state index < -0.39 is 17.6 Å². The minimum Gasteiger partial charge on any atom is -0.338 e. The normalized spacial score (nSPS) is 15.7. The van der Waals surface area contributed by atoms with Gasteiger partial charge in [0.2, 0.25) is 5.95 Å². The minimum absolute atomic E-state index is 0.0120. The molecule has 6 nitrogen and oxygen atoms in total. The average Bonchev–Trinajstić information content (AvgIpc) is 2.63. The second kappa shape index (κ2) is 7.69. The Bertz CT molecular complexity index is 838. The van der Waals surface area contributed by atoms with Crippen LogP contribution in [0.4, 0.5) is 24.8 Å². The molecule has 3 rings (SSSR count). The zero-order chi connectivity index (χ0) is 19.6. The lowest BCUT2D eigenvalue weighted by atomic mass is 10.1. The summed E-state index contributed by atoms with van der Waals surface area (Å²) in [6.45, 7) is 3.08. The van der Waals surface area contributed by atoms with E-state index >= 15 is 0 Å². The van der Waals surface area contributed by atoms with E-state index in [0.29, 0.717) is 19.0 Å². The largest absolute Gasteiger partial charge is 0.418 e. The van der Waals surface area contributed by atoms with Gasteiger partial charge in [-0.2, -0.15) is 13.2 Å². The van der Waals surface area contributed by atoms with Crippen LogP contribution in [-0.2, 0) is 6.18 Å². The maximum absolute atomic E-state index is 13.2. The molecule has 0 bridgehead atoms. The molecule has 1 fully saturated rings. The first kappa shape index (κ1) is 19.4. The summed E-state index contributed by atoms with van der Waals surface area (Å²) in [4.78, 5) is 24.9. The van der Waals surface area contributed by atoms with Crippen molar-refractivity contribution < 1.29 is 18.0 Å². The average molecular weight is 400 g/mol. The molecule has 0 unspecified atom stereocenters. The second-order valence-electron chi connectivity index (χ2n) is 6.17. The molecule has 1 aliphatic heterocycles. The lowest BCUT2D eigenvalue weighted by molar-refractivity contribution is -0.136. The van der Waals surface area contributed by atoms with E-state index in [2.05, 4.69) is 20.2 Å². The van der Waals surface area contributed by atoms with Gasteiger partial charge in [-0.25, -0.2) is 9.97 Å². The number of carbonyl (C=O) groups excluding carboxylic acids is 1. The van der Waals surface area contributed by atoms with Crippen molar-refractivity contribution in [2.45, 2.75) is 6.18 Å². The summed E-state index contributed by atoms with van der Waals surface area (Å²) in [6.07, 6.45) is -3.23. The topological polar surface area (TPSA) is 61.4 Å². The standard InChI is InChI=1S/C17H17ClF3N5O/c1-25-6-8-26(9-7-25)16-22-5-4-14(24-16)15(27)23-13-3-2-11(18)10-12(13)17(19,20)21/h2-5,10H,6-9H2,1H3,(H,23,27). The number of aromatic nitrogens is 2. The number of likely N-dealkylation sites (N-methyl/N-ethyl adjacent to an activating group) is 1. The quantitative estimate of drug-likeness (QED) is 0.859. The molecular formula is C17H17ClF3N5O. The first-order valence-corrected chi connectivity index (χ1v) is 8.56. The maximum atomic E-state index is 13.2. The van der Waals surface area contributed by atoms with Crippen molar-refractivity contribution in [2.75, 3.05) is 43.4 Å². The third-order valence-electron chi connectivity index (χ3n) is 4.20. The van der Waals surface area contributed by atoms with E-state index in [1.807, 2.05) is 11.9 Å². The Balaban J connectivity index is 1.80. The Morgan fingerprint density at radius 3 is 2.56 bits per heavy atom. The van der Waals surface area contributed by atoms with E-state index in [4.69, 9.17) is 11.6 Å². The molecular weight excluding hydrogens is 383 g/mol. The monoisotopic (exact) mass is 399 g/mol. The van der Waals surface area contributed by atoms with Crippen LogP contribution in [0.5, 0.6) is 0 Å². The van der Waals surface area contributed by atoms with Crippen molar-refractivity contribution in [3.8, 4) is 0 Å². The van der Waals surface area contributed by atoms with Crippen LogP contribution in [0.15, 0.2) is 30.5 Å². The van der Waals surface area contributed by atoms with Gasteiger partial charge >= 0.3 is 6.18 Å². The number of anilines is 2. The van der Waals surface area contributed by atoms with Crippen molar-refractivity contribution in [3.63, 3.8) is 0 Å². The molecule has 1 aromatic heterocycles. The Labute approximate surface area is 159 Å². The van der Waals surface area contributed by atoms with E-state index in [1.54, 1.807) is 0 Å². The molecule has 0 atom stereocenters. The molecule has 1 saturated heterocycles. The van der Waals surface area contributed by atoms with Gasteiger partial charge in [-0.05, 0) is 31.3 Å². The van der Waals surface area contributed by atoms with E-state index in [9.17, 15) is 18.0 Å². The Morgan fingerprint density at radius 1 is 1.19 bits per heavy atom. The predicted octanol–water partition coefficient (Wildman–Crippen LogP) is 3.15. The Kier molecular flexibility index (Phi) is 5.52. The first-order valence-electron chi connectivity index (χ1n) is 8.18.